The molecule has 1 aliphatic rings. The van der Waals surface area contributed by atoms with E-state index in [1.165, 1.54) is 0 Å². The Bertz CT molecular complexity index is 592. The van der Waals surface area contributed by atoms with Gasteiger partial charge in [0, 0.05) is 17.9 Å². The van der Waals surface area contributed by atoms with Crippen LogP contribution in [-0.2, 0) is 11.2 Å². The van der Waals surface area contributed by atoms with E-state index in [2.05, 4.69) is 10.1 Å². The monoisotopic (exact) mass is 276 g/mol. The molecular formula is C14H13ClN2O2. The van der Waals surface area contributed by atoms with Gasteiger partial charge in [0.1, 0.15) is 5.78 Å². The predicted molar refractivity (Wildman–Crippen MR) is 70.2 cm³/mol. The number of rotatable bonds is 3. The van der Waals surface area contributed by atoms with E-state index in [-0.39, 0.29) is 11.7 Å². The molecule has 0 aliphatic heterocycles. The van der Waals surface area contributed by atoms with Crippen molar-refractivity contribution in [3.05, 3.63) is 46.6 Å². The molecule has 1 unspecified atom stereocenters. The van der Waals surface area contributed by atoms with Crippen LogP contribution >= 0.6 is 11.6 Å². The highest BCUT2D eigenvalue weighted by atomic mass is 35.5. The Balaban J connectivity index is 1.74. The van der Waals surface area contributed by atoms with Crippen LogP contribution in [0, 0.1) is 0 Å². The number of hydrogen-bond acceptors (Lipinski definition) is 4. The quantitative estimate of drug-likeness (QED) is 0.864. The van der Waals surface area contributed by atoms with Gasteiger partial charge in [-0.1, -0.05) is 28.9 Å². The maximum Gasteiger partial charge on any atom is 0.237 e. The molecule has 19 heavy (non-hydrogen) atoms. The molecule has 1 saturated carbocycles. The lowest BCUT2D eigenvalue weighted by Gasteiger charge is -1.99. The maximum absolute atomic E-state index is 11.6. The minimum absolute atomic E-state index is 0.188. The maximum atomic E-state index is 11.6. The fourth-order valence-corrected chi connectivity index (χ4v) is 2.47. The van der Waals surface area contributed by atoms with Gasteiger partial charge in [-0.05, 0) is 30.5 Å². The van der Waals surface area contributed by atoms with Crippen molar-refractivity contribution in [2.45, 2.75) is 31.6 Å². The SMILES string of the molecule is O=C1CCCC1c1nc(Cc2ccc(Cl)cc2)no1. The summed E-state index contributed by atoms with van der Waals surface area (Å²) in [6.07, 6.45) is 2.95. The van der Waals surface area contributed by atoms with Gasteiger partial charge in [-0.15, -0.1) is 0 Å². The highest BCUT2D eigenvalue weighted by Gasteiger charge is 2.30. The lowest BCUT2D eigenvalue weighted by molar-refractivity contribution is -0.119. The summed E-state index contributed by atoms with van der Waals surface area (Å²) in [7, 11) is 0. The van der Waals surface area contributed by atoms with Crippen molar-refractivity contribution in [1.29, 1.82) is 0 Å². The number of aromatic nitrogens is 2. The third kappa shape index (κ3) is 2.68. The van der Waals surface area contributed by atoms with Gasteiger partial charge in [-0.3, -0.25) is 4.79 Å². The van der Waals surface area contributed by atoms with Crippen LogP contribution in [0.3, 0.4) is 0 Å². The van der Waals surface area contributed by atoms with E-state index < -0.39 is 0 Å². The molecule has 1 fully saturated rings. The first-order chi connectivity index (χ1) is 9.22. The lowest BCUT2D eigenvalue weighted by atomic mass is 10.1. The summed E-state index contributed by atoms with van der Waals surface area (Å²) in [4.78, 5) is 16.0. The molecular weight excluding hydrogens is 264 g/mol. The molecule has 1 aliphatic carbocycles. The minimum atomic E-state index is -0.188. The second kappa shape index (κ2) is 5.13. The van der Waals surface area contributed by atoms with E-state index in [0.29, 0.717) is 29.6 Å². The zero-order chi connectivity index (χ0) is 13.2. The lowest BCUT2D eigenvalue weighted by Crippen LogP contribution is -2.04. The molecule has 1 aromatic heterocycles. The van der Waals surface area contributed by atoms with Gasteiger partial charge in [0.2, 0.25) is 5.89 Å². The molecule has 1 atom stereocenters. The van der Waals surface area contributed by atoms with Crippen molar-refractivity contribution in [2.75, 3.05) is 0 Å². The Labute approximate surface area is 115 Å². The van der Waals surface area contributed by atoms with Crippen molar-refractivity contribution in [3.8, 4) is 0 Å². The largest absolute Gasteiger partial charge is 0.339 e. The van der Waals surface area contributed by atoms with Gasteiger partial charge in [0.15, 0.2) is 5.82 Å². The van der Waals surface area contributed by atoms with Crippen LogP contribution in [0.2, 0.25) is 5.02 Å². The second-order valence-electron chi connectivity index (χ2n) is 4.76. The Hall–Kier alpha value is -1.68. The smallest absolute Gasteiger partial charge is 0.237 e. The summed E-state index contributed by atoms with van der Waals surface area (Å²) in [5, 5.41) is 4.64. The Morgan fingerprint density at radius 3 is 2.79 bits per heavy atom. The van der Waals surface area contributed by atoms with Gasteiger partial charge < -0.3 is 4.52 Å². The minimum Gasteiger partial charge on any atom is -0.339 e. The van der Waals surface area contributed by atoms with Crippen LogP contribution in [0.5, 0.6) is 0 Å². The Morgan fingerprint density at radius 1 is 1.32 bits per heavy atom. The first-order valence-electron chi connectivity index (χ1n) is 6.32. The van der Waals surface area contributed by atoms with Gasteiger partial charge in [0.05, 0.1) is 5.92 Å². The van der Waals surface area contributed by atoms with E-state index in [0.717, 1.165) is 18.4 Å². The van der Waals surface area contributed by atoms with Gasteiger partial charge >= 0.3 is 0 Å². The second-order valence-corrected chi connectivity index (χ2v) is 5.20. The number of carbonyl (C=O) groups is 1. The molecule has 0 radical (unpaired) electrons. The molecule has 0 bridgehead atoms. The fourth-order valence-electron chi connectivity index (χ4n) is 2.34. The first-order valence-corrected chi connectivity index (χ1v) is 6.70. The van der Waals surface area contributed by atoms with Crippen LogP contribution in [0.1, 0.15) is 42.5 Å². The molecule has 1 aromatic carbocycles. The van der Waals surface area contributed by atoms with E-state index >= 15 is 0 Å². The summed E-state index contributed by atoms with van der Waals surface area (Å²) in [6.45, 7) is 0. The predicted octanol–water partition coefficient (Wildman–Crippen LogP) is 3.15. The van der Waals surface area contributed by atoms with Crippen LogP contribution in [0.25, 0.3) is 0 Å². The number of nitrogens with zero attached hydrogens (tertiary/aromatic N) is 2. The molecule has 5 heteroatoms. The number of ketones is 1. The summed E-state index contributed by atoms with van der Waals surface area (Å²) in [6, 6.07) is 7.52. The van der Waals surface area contributed by atoms with Crippen molar-refractivity contribution in [2.24, 2.45) is 0 Å². The summed E-state index contributed by atoms with van der Waals surface area (Å²) >= 11 is 5.83. The third-order valence-electron chi connectivity index (χ3n) is 3.36. The summed E-state index contributed by atoms with van der Waals surface area (Å²) in [5.41, 5.74) is 1.06. The molecule has 1 heterocycles. The summed E-state index contributed by atoms with van der Waals surface area (Å²) < 4.78 is 5.21. The van der Waals surface area contributed by atoms with Gasteiger partial charge in [-0.25, -0.2) is 0 Å². The molecule has 98 valence electrons. The Morgan fingerprint density at radius 2 is 2.11 bits per heavy atom. The number of carbonyl (C=O) groups excluding carboxylic acids is 1. The van der Waals surface area contributed by atoms with Crippen LogP contribution in [0.15, 0.2) is 28.8 Å². The third-order valence-corrected chi connectivity index (χ3v) is 3.61. The number of Topliss-reactive ketones (excluding diaryl/α,β-unsaturated/α-hetero) is 1. The van der Waals surface area contributed by atoms with Gasteiger partial charge in [-0.2, -0.15) is 4.98 Å². The molecule has 0 N–H and O–H groups in total. The fraction of sp³-hybridized carbons (Fsp3) is 0.357. The Kier molecular flexibility index (Phi) is 3.34. The number of benzene rings is 1. The van der Waals surface area contributed by atoms with E-state index in [1.807, 2.05) is 24.3 Å². The van der Waals surface area contributed by atoms with Crippen LogP contribution in [0.4, 0.5) is 0 Å². The molecule has 4 nitrogen and oxygen atoms in total. The topological polar surface area (TPSA) is 56.0 Å². The highest BCUT2D eigenvalue weighted by Crippen LogP contribution is 2.30. The zero-order valence-corrected chi connectivity index (χ0v) is 11.1. The highest BCUT2D eigenvalue weighted by molar-refractivity contribution is 6.30. The molecule has 0 amide bonds. The zero-order valence-electron chi connectivity index (χ0n) is 10.3. The molecule has 2 aromatic rings. The number of hydrogen-bond donors (Lipinski definition) is 0. The average Bonchev–Trinajstić information content (AvgIpc) is 3.01. The van der Waals surface area contributed by atoms with Crippen molar-refractivity contribution < 1.29 is 9.32 Å². The van der Waals surface area contributed by atoms with E-state index in [4.69, 9.17) is 16.1 Å². The van der Waals surface area contributed by atoms with Crippen molar-refractivity contribution >= 4 is 17.4 Å². The molecule has 0 saturated heterocycles. The summed E-state index contributed by atoms with van der Waals surface area (Å²) in [5.74, 6) is 1.09. The normalized spacial score (nSPS) is 19.0. The van der Waals surface area contributed by atoms with Gasteiger partial charge in [0.25, 0.3) is 0 Å². The van der Waals surface area contributed by atoms with Crippen molar-refractivity contribution in [1.82, 2.24) is 10.1 Å². The first kappa shape index (κ1) is 12.4. The average molecular weight is 277 g/mol. The molecule has 0 spiro atoms. The van der Waals surface area contributed by atoms with Crippen LogP contribution in [-0.4, -0.2) is 15.9 Å². The standard InChI is InChI=1S/C14H13ClN2O2/c15-10-6-4-9(5-7-10)8-13-16-14(19-17-13)11-2-1-3-12(11)18/h4-7,11H,1-3,8H2. The van der Waals surface area contributed by atoms with E-state index in [9.17, 15) is 4.79 Å². The van der Waals surface area contributed by atoms with Crippen LogP contribution < -0.4 is 0 Å². The molecule has 3 rings (SSSR count). The van der Waals surface area contributed by atoms with Crippen molar-refractivity contribution in [3.63, 3.8) is 0 Å². The number of halogens is 1. The van der Waals surface area contributed by atoms with E-state index in [1.54, 1.807) is 0 Å².